The molecule has 0 bridgehead atoms. The molecular weight excluding hydrogens is 308 g/mol. The molecule has 6 nitrogen and oxygen atoms in total. The highest BCUT2D eigenvalue weighted by Crippen LogP contribution is 2.16. The summed E-state index contributed by atoms with van der Waals surface area (Å²) in [7, 11) is 1.71. The van der Waals surface area contributed by atoms with Gasteiger partial charge in [0, 0.05) is 19.6 Å². The Balaban J connectivity index is 2.01. The lowest BCUT2D eigenvalue weighted by Crippen LogP contribution is -2.50. The molecule has 2 N–H and O–H groups in total. The van der Waals surface area contributed by atoms with Gasteiger partial charge in [0.2, 0.25) is 5.91 Å². The Bertz CT molecular complexity index is 597. The minimum atomic E-state index is -1.15. The van der Waals surface area contributed by atoms with Crippen molar-refractivity contribution in [3.05, 3.63) is 35.4 Å². The van der Waals surface area contributed by atoms with Crippen molar-refractivity contribution in [3.8, 4) is 0 Å². The van der Waals surface area contributed by atoms with E-state index in [1.807, 2.05) is 0 Å². The van der Waals surface area contributed by atoms with Crippen molar-refractivity contribution in [1.29, 1.82) is 0 Å². The van der Waals surface area contributed by atoms with Crippen LogP contribution < -0.4 is 5.73 Å². The van der Waals surface area contributed by atoms with Crippen molar-refractivity contribution in [2.45, 2.75) is 6.10 Å². The quantitative estimate of drug-likeness (QED) is 0.840. The van der Waals surface area contributed by atoms with Crippen LogP contribution >= 0.6 is 0 Å². The molecule has 0 spiro atoms. The normalized spacial score (nSPS) is 18.3. The number of likely N-dealkylation sites (N-methyl/N-ethyl adjacent to an activating group) is 1. The fraction of sp³-hybridized carbons (Fsp3) is 0.467. The average molecular weight is 327 g/mol. The number of carbonyl (C=O) groups excluding carboxylic acids is 2. The highest BCUT2D eigenvalue weighted by molar-refractivity contribution is 5.94. The summed E-state index contributed by atoms with van der Waals surface area (Å²) in [5.74, 6) is -3.24. The van der Waals surface area contributed by atoms with Gasteiger partial charge in [-0.15, -0.1) is 0 Å². The van der Waals surface area contributed by atoms with Gasteiger partial charge in [-0.1, -0.05) is 6.07 Å². The van der Waals surface area contributed by atoms with Gasteiger partial charge in [0.1, 0.15) is 0 Å². The molecule has 1 aliphatic rings. The van der Waals surface area contributed by atoms with Crippen LogP contribution in [0.15, 0.2) is 18.2 Å². The van der Waals surface area contributed by atoms with E-state index in [1.165, 1.54) is 17.0 Å². The number of rotatable bonds is 5. The third kappa shape index (κ3) is 4.46. The van der Waals surface area contributed by atoms with Gasteiger partial charge in [0.25, 0.3) is 5.91 Å². The average Bonchev–Trinajstić information content (AvgIpc) is 2.48. The number of nitrogens with zero attached hydrogens (tertiary/aromatic N) is 2. The maximum atomic E-state index is 13.7. The van der Waals surface area contributed by atoms with Crippen LogP contribution in [0.4, 0.5) is 8.78 Å². The van der Waals surface area contributed by atoms with Gasteiger partial charge in [-0.2, -0.15) is 0 Å². The Kier molecular flexibility index (Phi) is 5.62. The minimum absolute atomic E-state index is 0.0757. The van der Waals surface area contributed by atoms with Gasteiger partial charge in [0.05, 0.1) is 24.8 Å². The van der Waals surface area contributed by atoms with Crippen molar-refractivity contribution >= 4 is 11.8 Å². The number of morpholine rings is 1. The van der Waals surface area contributed by atoms with E-state index in [2.05, 4.69) is 0 Å². The van der Waals surface area contributed by atoms with E-state index < -0.39 is 23.4 Å². The van der Waals surface area contributed by atoms with Crippen LogP contribution in [0, 0.1) is 11.6 Å². The first-order valence-electron chi connectivity index (χ1n) is 7.20. The zero-order valence-corrected chi connectivity index (χ0v) is 12.8. The molecule has 0 saturated carbocycles. The first-order chi connectivity index (χ1) is 10.9. The topological polar surface area (TPSA) is 75.9 Å². The number of benzene rings is 1. The Morgan fingerprint density at radius 2 is 2.17 bits per heavy atom. The molecule has 0 aromatic heterocycles. The van der Waals surface area contributed by atoms with Crippen molar-refractivity contribution in [2.75, 3.05) is 39.8 Å². The van der Waals surface area contributed by atoms with Crippen molar-refractivity contribution < 1.29 is 23.1 Å². The lowest BCUT2D eigenvalue weighted by Gasteiger charge is -2.34. The number of halogens is 2. The Morgan fingerprint density at radius 1 is 1.43 bits per heavy atom. The maximum Gasteiger partial charge on any atom is 0.257 e. The predicted molar refractivity (Wildman–Crippen MR) is 78.7 cm³/mol. The number of nitrogens with two attached hydrogens (primary N) is 1. The van der Waals surface area contributed by atoms with Crippen LogP contribution in [-0.4, -0.2) is 67.6 Å². The van der Waals surface area contributed by atoms with E-state index in [1.54, 1.807) is 11.9 Å². The van der Waals surface area contributed by atoms with E-state index in [0.29, 0.717) is 13.1 Å². The Hall–Kier alpha value is -2.06. The van der Waals surface area contributed by atoms with E-state index in [-0.39, 0.29) is 31.4 Å². The van der Waals surface area contributed by atoms with Crippen LogP contribution in [0.2, 0.25) is 0 Å². The molecule has 0 unspecified atom stereocenters. The Morgan fingerprint density at radius 3 is 2.87 bits per heavy atom. The monoisotopic (exact) mass is 327 g/mol. The number of hydrogen-bond donors (Lipinski definition) is 1. The lowest BCUT2D eigenvalue weighted by atomic mass is 10.1. The molecule has 1 aromatic carbocycles. The maximum absolute atomic E-state index is 13.7. The van der Waals surface area contributed by atoms with Crippen LogP contribution in [0.25, 0.3) is 0 Å². The van der Waals surface area contributed by atoms with E-state index in [4.69, 9.17) is 10.5 Å². The molecular formula is C15H19F2N3O3. The van der Waals surface area contributed by atoms with Gasteiger partial charge >= 0.3 is 0 Å². The number of ether oxygens (including phenoxy) is 1. The molecule has 1 atom stereocenters. The summed E-state index contributed by atoms with van der Waals surface area (Å²) in [6.07, 6.45) is -0.325. The first kappa shape index (κ1) is 17.3. The molecule has 1 aliphatic heterocycles. The van der Waals surface area contributed by atoms with Gasteiger partial charge in [-0.3, -0.25) is 14.5 Å². The highest BCUT2D eigenvalue weighted by atomic mass is 19.2. The second-order valence-corrected chi connectivity index (χ2v) is 5.51. The van der Waals surface area contributed by atoms with Crippen molar-refractivity contribution in [3.63, 3.8) is 0 Å². The fourth-order valence-corrected chi connectivity index (χ4v) is 2.53. The summed E-state index contributed by atoms with van der Waals surface area (Å²) < 4.78 is 32.5. The second kappa shape index (κ2) is 7.47. The molecule has 1 aromatic rings. The summed E-state index contributed by atoms with van der Waals surface area (Å²) in [5, 5.41) is 0. The van der Waals surface area contributed by atoms with Gasteiger partial charge in [-0.05, 0) is 19.2 Å². The summed E-state index contributed by atoms with van der Waals surface area (Å²) in [4.78, 5) is 26.3. The number of amides is 2. The third-order valence-corrected chi connectivity index (χ3v) is 3.55. The number of primary amides is 1. The van der Waals surface area contributed by atoms with Gasteiger partial charge < -0.3 is 15.4 Å². The number of hydrogen-bond acceptors (Lipinski definition) is 4. The van der Waals surface area contributed by atoms with E-state index in [9.17, 15) is 18.4 Å². The summed E-state index contributed by atoms with van der Waals surface area (Å²) in [6.45, 7) is 1.30. The molecule has 0 aliphatic carbocycles. The molecule has 1 saturated heterocycles. The smallest absolute Gasteiger partial charge is 0.257 e. The van der Waals surface area contributed by atoms with Crippen LogP contribution in [0.1, 0.15) is 10.4 Å². The van der Waals surface area contributed by atoms with Gasteiger partial charge in [-0.25, -0.2) is 8.78 Å². The molecule has 2 amide bonds. The van der Waals surface area contributed by atoms with E-state index in [0.717, 1.165) is 6.07 Å². The lowest BCUT2D eigenvalue weighted by molar-refractivity contribution is -0.119. The van der Waals surface area contributed by atoms with Crippen LogP contribution in [-0.2, 0) is 9.53 Å². The summed E-state index contributed by atoms with van der Waals surface area (Å²) in [5.41, 5.74) is 4.82. The van der Waals surface area contributed by atoms with Crippen molar-refractivity contribution in [1.82, 2.24) is 9.80 Å². The molecule has 0 radical (unpaired) electrons. The Labute approximate surface area is 132 Å². The largest absolute Gasteiger partial charge is 0.373 e. The summed E-state index contributed by atoms with van der Waals surface area (Å²) >= 11 is 0. The predicted octanol–water partition coefficient (Wildman–Crippen LogP) is 0.223. The van der Waals surface area contributed by atoms with E-state index >= 15 is 0 Å². The fourth-order valence-electron chi connectivity index (χ4n) is 2.53. The highest BCUT2D eigenvalue weighted by Gasteiger charge is 2.28. The van der Waals surface area contributed by atoms with Gasteiger partial charge in [0.15, 0.2) is 11.6 Å². The molecule has 1 fully saturated rings. The molecule has 2 rings (SSSR count). The minimum Gasteiger partial charge on any atom is -0.373 e. The molecule has 23 heavy (non-hydrogen) atoms. The summed E-state index contributed by atoms with van der Waals surface area (Å²) in [6, 6.07) is 3.52. The molecule has 1 heterocycles. The molecule has 8 heteroatoms. The number of carbonyl (C=O) groups is 2. The SMILES string of the molecule is CN(CC(N)=O)C[C@H]1CN(C(=O)c2cccc(F)c2F)CCO1. The second-order valence-electron chi connectivity index (χ2n) is 5.51. The zero-order valence-electron chi connectivity index (χ0n) is 12.8. The third-order valence-electron chi connectivity index (χ3n) is 3.55. The first-order valence-corrected chi connectivity index (χ1v) is 7.20. The van der Waals surface area contributed by atoms with Crippen LogP contribution in [0.3, 0.4) is 0 Å². The molecule has 126 valence electrons. The van der Waals surface area contributed by atoms with Crippen molar-refractivity contribution in [2.24, 2.45) is 5.73 Å². The zero-order chi connectivity index (χ0) is 17.0. The standard InChI is InChI=1S/C15H19F2N3O3/c1-19(9-13(18)21)7-10-8-20(5-6-23-10)15(22)11-3-2-4-12(16)14(11)17/h2-4,10H,5-9H2,1H3,(H2,18,21)/t10-/m0/s1. The van der Waals surface area contributed by atoms with Crippen LogP contribution in [0.5, 0.6) is 0 Å².